The second kappa shape index (κ2) is 7.83. The predicted octanol–water partition coefficient (Wildman–Crippen LogP) is 4.37. The molecule has 2 aromatic heterocycles. The molecule has 31 heavy (non-hydrogen) atoms. The third-order valence-corrected chi connectivity index (χ3v) is 5.57. The van der Waals surface area contributed by atoms with Gasteiger partial charge in [-0.2, -0.15) is 0 Å². The van der Waals surface area contributed by atoms with Gasteiger partial charge in [-0.05, 0) is 38.1 Å². The highest BCUT2D eigenvalue weighted by Crippen LogP contribution is 2.51. The summed E-state index contributed by atoms with van der Waals surface area (Å²) in [5, 5.41) is 0. The van der Waals surface area contributed by atoms with Crippen molar-refractivity contribution in [2.75, 3.05) is 14.2 Å². The van der Waals surface area contributed by atoms with Crippen molar-refractivity contribution in [2.24, 2.45) is 5.41 Å². The zero-order valence-electron chi connectivity index (χ0n) is 17.7. The van der Waals surface area contributed by atoms with Crippen molar-refractivity contribution in [2.45, 2.75) is 19.8 Å². The maximum atomic E-state index is 12.6. The Kier molecular flexibility index (Phi) is 5.19. The molecule has 158 valence electrons. The molecular formula is C24H22N2O5. The first-order valence-electron chi connectivity index (χ1n) is 9.76. The van der Waals surface area contributed by atoms with E-state index in [-0.39, 0.29) is 11.9 Å². The highest BCUT2D eigenvalue weighted by Gasteiger charge is 2.45. The van der Waals surface area contributed by atoms with Crippen molar-refractivity contribution in [3.63, 3.8) is 0 Å². The molecule has 3 aromatic rings. The van der Waals surface area contributed by atoms with Crippen LogP contribution in [-0.4, -0.2) is 36.1 Å². The van der Waals surface area contributed by atoms with E-state index >= 15 is 0 Å². The molecule has 3 heterocycles. The topological polar surface area (TPSA) is 87.6 Å². The van der Waals surface area contributed by atoms with Crippen molar-refractivity contribution in [1.82, 2.24) is 9.97 Å². The summed E-state index contributed by atoms with van der Waals surface area (Å²) in [6.07, 6.45) is 3.30. The molecule has 0 amide bonds. The number of benzene rings is 1. The van der Waals surface area contributed by atoms with E-state index in [1.165, 1.54) is 14.2 Å². The van der Waals surface area contributed by atoms with Crippen LogP contribution in [0.15, 0.2) is 54.9 Å². The van der Waals surface area contributed by atoms with Crippen LogP contribution < -0.4 is 4.74 Å². The maximum Gasteiger partial charge on any atom is 0.337 e. The van der Waals surface area contributed by atoms with Crippen LogP contribution in [0.25, 0.3) is 11.3 Å². The second-order valence-electron chi connectivity index (χ2n) is 7.82. The van der Waals surface area contributed by atoms with Crippen LogP contribution >= 0.6 is 0 Å². The van der Waals surface area contributed by atoms with E-state index in [1.54, 1.807) is 36.7 Å². The Labute approximate surface area is 180 Å². The average Bonchev–Trinajstić information content (AvgIpc) is 2.80. The van der Waals surface area contributed by atoms with E-state index in [1.807, 2.05) is 32.0 Å². The van der Waals surface area contributed by atoms with E-state index in [9.17, 15) is 9.59 Å². The summed E-state index contributed by atoms with van der Waals surface area (Å²) in [6, 6.07) is 12.6. The third-order valence-electron chi connectivity index (χ3n) is 5.57. The van der Waals surface area contributed by atoms with Gasteiger partial charge in [-0.25, -0.2) is 9.78 Å². The van der Waals surface area contributed by atoms with E-state index in [4.69, 9.17) is 19.2 Å². The number of carbonyl (C=O) groups excluding carboxylic acids is 2. The molecule has 1 aliphatic rings. The van der Waals surface area contributed by atoms with Gasteiger partial charge in [0.2, 0.25) is 5.88 Å². The number of nitrogens with zero attached hydrogens (tertiary/aromatic N) is 2. The Morgan fingerprint density at radius 3 is 2.39 bits per heavy atom. The second-order valence-corrected chi connectivity index (χ2v) is 7.82. The summed E-state index contributed by atoms with van der Waals surface area (Å²) in [5.41, 5.74) is 2.76. The number of ether oxygens (including phenoxy) is 3. The van der Waals surface area contributed by atoms with Crippen molar-refractivity contribution >= 4 is 11.9 Å². The van der Waals surface area contributed by atoms with Crippen molar-refractivity contribution < 1.29 is 23.8 Å². The molecule has 7 nitrogen and oxygen atoms in total. The van der Waals surface area contributed by atoms with E-state index in [0.717, 1.165) is 16.7 Å². The molecule has 1 aromatic carbocycles. The number of hydrogen-bond acceptors (Lipinski definition) is 7. The first kappa shape index (κ1) is 20.5. The number of hydrogen-bond donors (Lipinski definition) is 0. The van der Waals surface area contributed by atoms with E-state index in [2.05, 4.69) is 4.98 Å². The van der Waals surface area contributed by atoms with Crippen molar-refractivity contribution in [1.29, 1.82) is 0 Å². The van der Waals surface area contributed by atoms with Crippen LogP contribution in [-0.2, 0) is 14.3 Å². The lowest BCUT2D eigenvalue weighted by Crippen LogP contribution is -2.35. The first-order valence-corrected chi connectivity index (χ1v) is 9.76. The fourth-order valence-corrected chi connectivity index (χ4v) is 3.95. The molecule has 0 bridgehead atoms. The van der Waals surface area contributed by atoms with Gasteiger partial charge in [0, 0.05) is 28.8 Å². The number of methoxy groups -OCH3 is 2. The molecule has 1 atom stereocenters. The normalized spacial score (nSPS) is 14.6. The number of rotatable bonds is 4. The number of fused-ring (bicyclic) bond motifs is 2. The van der Waals surface area contributed by atoms with Crippen LogP contribution in [0.4, 0.5) is 0 Å². The monoisotopic (exact) mass is 418 g/mol. The zero-order chi connectivity index (χ0) is 22.2. The van der Waals surface area contributed by atoms with Crippen molar-refractivity contribution in [3.05, 3.63) is 71.5 Å². The van der Waals surface area contributed by atoms with Gasteiger partial charge in [0.25, 0.3) is 0 Å². The lowest BCUT2D eigenvalue weighted by Gasteiger charge is -2.36. The van der Waals surface area contributed by atoms with Gasteiger partial charge in [0.15, 0.2) is 5.75 Å². The van der Waals surface area contributed by atoms with Gasteiger partial charge in [-0.15, -0.1) is 0 Å². The number of aromatic nitrogens is 2. The highest BCUT2D eigenvalue weighted by atomic mass is 16.5. The molecule has 0 fully saturated rings. The summed E-state index contributed by atoms with van der Waals surface area (Å²) in [7, 11) is 2.73. The predicted molar refractivity (Wildman–Crippen MR) is 113 cm³/mol. The van der Waals surface area contributed by atoms with Gasteiger partial charge >= 0.3 is 11.9 Å². The molecular weight excluding hydrogens is 396 g/mol. The van der Waals surface area contributed by atoms with Crippen LogP contribution in [0.1, 0.15) is 41.3 Å². The molecule has 0 spiro atoms. The quantitative estimate of drug-likeness (QED) is 0.582. The number of carbonyl (C=O) groups is 2. The summed E-state index contributed by atoms with van der Waals surface area (Å²) in [5.74, 6) is -0.0644. The standard InChI is InChI=1S/C24H22N2O5/c1-24(2,23(28)30-4)20-16-11-12-25-13-19(16)31-21-17(20)9-10-18(26-21)14-5-7-15(8-6-14)22(27)29-3/h5-13,20H,1-4H3. The minimum atomic E-state index is -0.852. The SMILES string of the molecule is COC(=O)c1ccc(-c2ccc3c(n2)Oc2cnccc2C3C(C)(C)C(=O)OC)cc1. The Morgan fingerprint density at radius 1 is 0.968 bits per heavy atom. The Morgan fingerprint density at radius 2 is 1.71 bits per heavy atom. The third kappa shape index (κ3) is 3.52. The summed E-state index contributed by atoms with van der Waals surface area (Å²) in [4.78, 5) is 33.2. The molecule has 7 heteroatoms. The van der Waals surface area contributed by atoms with Gasteiger partial charge in [-0.1, -0.05) is 18.2 Å². The van der Waals surface area contributed by atoms with Crippen molar-refractivity contribution in [3.8, 4) is 22.9 Å². The van der Waals surface area contributed by atoms with Crippen LogP contribution in [0.5, 0.6) is 11.6 Å². The van der Waals surface area contributed by atoms with Gasteiger partial charge in [0.05, 0.1) is 37.1 Å². The smallest absolute Gasteiger partial charge is 0.337 e. The summed E-state index contributed by atoms with van der Waals surface area (Å²) in [6.45, 7) is 3.70. The Bertz CT molecular complexity index is 1150. The first-order chi connectivity index (χ1) is 14.9. The highest BCUT2D eigenvalue weighted by molar-refractivity contribution is 5.89. The maximum absolute atomic E-state index is 12.6. The van der Waals surface area contributed by atoms with Crippen LogP contribution in [0, 0.1) is 5.41 Å². The molecule has 4 rings (SSSR count). The molecule has 0 N–H and O–H groups in total. The Balaban J connectivity index is 1.79. The number of esters is 2. The number of pyridine rings is 2. The van der Waals surface area contributed by atoms with E-state index < -0.39 is 11.4 Å². The fraction of sp³-hybridized carbons (Fsp3) is 0.250. The lowest BCUT2D eigenvalue weighted by atomic mass is 9.70. The molecule has 1 aliphatic heterocycles. The molecule has 0 radical (unpaired) electrons. The lowest BCUT2D eigenvalue weighted by molar-refractivity contribution is -0.151. The minimum absolute atomic E-state index is 0.315. The molecule has 0 saturated heterocycles. The summed E-state index contributed by atoms with van der Waals surface area (Å²) < 4.78 is 15.9. The van der Waals surface area contributed by atoms with Crippen LogP contribution in [0.3, 0.4) is 0 Å². The summed E-state index contributed by atoms with van der Waals surface area (Å²) >= 11 is 0. The molecule has 0 aliphatic carbocycles. The zero-order valence-corrected chi connectivity index (χ0v) is 17.7. The van der Waals surface area contributed by atoms with Gasteiger partial charge < -0.3 is 14.2 Å². The fourth-order valence-electron chi connectivity index (χ4n) is 3.95. The average molecular weight is 418 g/mol. The Hall–Kier alpha value is -3.74. The molecule has 0 saturated carbocycles. The molecule has 1 unspecified atom stereocenters. The van der Waals surface area contributed by atoms with Crippen LogP contribution in [0.2, 0.25) is 0 Å². The van der Waals surface area contributed by atoms with E-state index in [0.29, 0.717) is 22.9 Å². The van der Waals surface area contributed by atoms with Gasteiger partial charge in [0.1, 0.15) is 0 Å². The van der Waals surface area contributed by atoms with Gasteiger partial charge in [-0.3, -0.25) is 9.78 Å². The largest absolute Gasteiger partial charge is 0.469 e. The minimum Gasteiger partial charge on any atom is -0.469 e.